The Morgan fingerprint density at radius 1 is 1.47 bits per heavy atom. The van der Waals surface area contributed by atoms with E-state index in [1.165, 1.54) is 19.3 Å². The third kappa shape index (κ3) is 2.30. The molecule has 2 saturated carbocycles. The van der Waals surface area contributed by atoms with Gasteiger partial charge in [0.2, 0.25) is 0 Å². The molecule has 2 aliphatic carbocycles. The van der Waals surface area contributed by atoms with Crippen molar-refractivity contribution in [2.24, 2.45) is 17.0 Å². The van der Waals surface area contributed by atoms with Gasteiger partial charge in [-0.1, -0.05) is 12.1 Å². The Morgan fingerprint density at radius 3 is 2.94 bits per heavy atom. The molecule has 94 valence electrons. The van der Waals surface area contributed by atoms with Gasteiger partial charge in [-0.25, -0.2) is 0 Å². The Balaban J connectivity index is 2.09. The molecule has 0 heterocycles. The number of hydrogen-bond donors (Lipinski definition) is 1. The maximum Gasteiger partial charge on any atom is 0.0775 e. The van der Waals surface area contributed by atoms with E-state index in [1.807, 2.05) is 0 Å². The highest BCUT2D eigenvalue weighted by atomic mass is 16.4. The predicted octanol–water partition coefficient (Wildman–Crippen LogP) is 2.24. The second-order valence-electron chi connectivity index (χ2n) is 5.18. The smallest absolute Gasteiger partial charge is 0.0775 e. The zero-order chi connectivity index (χ0) is 12.3. The molecule has 3 atom stereocenters. The molecule has 0 saturated heterocycles. The Labute approximate surface area is 103 Å². The fraction of sp³-hybridized carbons (Fsp3) is 0.846. The first kappa shape index (κ1) is 12.4. The number of oxime groups is 1. The maximum absolute atomic E-state index is 9.20. The van der Waals surface area contributed by atoms with Crippen molar-refractivity contribution in [3.63, 3.8) is 0 Å². The monoisotopic (exact) mass is 235 g/mol. The summed E-state index contributed by atoms with van der Waals surface area (Å²) < 4.78 is 0. The van der Waals surface area contributed by atoms with Crippen LogP contribution in [0.3, 0.4) is 0 Å². The minimum Gasteiger partial charge on any atom is -0.411 e. The molecule has 4 nitrogen and oxygen atoms in total. The van der Waals surface area contributed by atoms with E-state index in [1.54, 1.807) is 0 Å². The number of hydrogen-bond acceptors (Lipinski definition) is 4. The molecule has 1 N–H and O–H groups in total. The first-order valence-corrected chi connectivity index (χ1v) is 6.64. The third-order valence-electron chi connectivity index (χ3n) is 4.17. The van der Waals surface area contributed by atoms with Crippen LogP contribution in [-0.2, 0) is 0 Å². The molecule has 0 unspecified atom stereocenters. The molecule has 0 radical (unpaired) electrons. The van der Waals surface area contributed by atoms with Crippen molar-refractivity contribution in [2.45, 2.75) is 45.1 Å². The molecule has 2 rings (SSSR count). The Hall–Kier alpha value is -1.08. The summed E-state index contributed by atoms with van der Waals surface area (Å²) in [5, 5.41) is 21.5. The van der Waals surface area contributed by atoms with E-state index >= 15 is 0 Å². The van der Waals surface area contributed by atoms with Crippen molar-refractivity contribution < 1.29 is 5.21 Å². The first-order chi connectivity index (χ1) is 8.31. The van der Waals surface area contributed by atoms with Gasteiger partial charge in [0.25, 0.3) is 0 Å². The van der Waals surface area contributed by atoms with Crippen LogP contribution < -0.4 is 0 Å². The van der Waals surface area contributed by atoms with E-state index in [9.17, 15) is 5.21 Å². The van der Waals surface area contributed by atoms with Crippen LogP contribution >= 0.6 is 0 Å². The van der Waals surface area contributed by atoms with Gasteiger partial charge in [0.05, 0.1) is 17.8 Å². The van der Waals surface area contributed by atoms with E-state index in [-0.39, 0.29) is 0 Å². The molecule has 0 aliphatic heterocycles. The van der Waals surface area contributed by atoms with E-state index < -0.39 is 0 Å². The quantitative estimate of drug-likeness (QED) is 0.587. The third-order valence-corrected chi connectivity index (χ3v) is 4.17. The van der Waals surface area contributed by atoms with Crippen LogP contribution in [0, 0.1) is 23.2 Å². The van der Waals surface area contributed by atoms with Gasteiger partial charge < -0.3 is 5.21 Å². The standard InChI is InChI=1S/C13H21N3O/c1-2-7-16(8-3-6-14)13-11-5-4-10(9-11)12(13)15-17/h10-11,13,17H,2-5,7-9H2,1H3/b15-12+/t10-,11-,13-/m0/s1. The van der Waals surface area contributed by atoms with Gasteiger partial charge in [-0.05, 0) is 38.1 Å². The average molecular weight is 235 g/mol. The molecule has 0 aromatic heterocycles. The van der Waals surface area contributed by atoms with Crippen molar-refractivity contribution in [2.75, 3.05) is 13.1 Å². The van der Waals surface area contributed by atoms with Gasteiger partial charge in [0.1, 0.15) is 0 Å². The van der Waals surface area contributed by atoms with E-state index in [2.05, 4.69) is 23.0 Å². The van der Waals surface area contributed by atoms with Gasteiger partial charge in [-0.2, -0.15) is 5.26 Å². The number of rotatable bonds is 5. The maximum atomic E-state index is 9.20. The largest absolute Gasteiger partial charge is 0.411 e. The van der Waals surface area contributed by atoms with Crippen molar-refractivity contribution >= 4 is 5.71 Å². The topological polar surface area (TPSA) is 59.6 Å². The molecule has 4 heteroatoms. The normalized spacial score (nSPS) is 33.5. The summed E-state index contributed by atoms with van der Waals surface area (Å²) in [5.74, 6) is 1.15. The summed E-state index contributed by atoms with van der Waals surface area (Å²) in [6.07, 6.45) is 5.25. The molecular weight excluding hydrogens is 214 g/mol. The van der Waals surface area contributed by atoms with Gasteiger partial charge in [-0.15, -0.1) is 0 Å². The summed E-state index contributed by atoms with van der Waals surface area (Å²) in [7, 11) is 0. The van der Waals surface area contributed by atoms with Crippen molar-refractivity contribution in [3.05, 3.63) is 0 Å². The van der Waals surface area contributed by atoms with E-state index in [0.717, 1.165) is 25.2 Å². The SMILES string of the molecule is CCCN(CCC#N)[C@@H]1/C(=N/O)[C@H]2CC[C@H]1C2. The van der Waals surface area contributed by atoms with E-state index in [4.69, 9.17) is 5.26 Å². The zero-order valence-corrected chi connectivity index (χ0v) is 10.5. The van der Waals surface area contributed by atoms with Crippen LogP contribution in [0.1, 0.15) is 39.0 Å². The summed E-state index contributed by atoms with van der Waals surface area (Å²) in [6, 6.07) is 2.51. The van der Waals surface area contributed by atoms with Crippen LogP contribution in [0.15, 0.2) is 5.16 Å². The predicted molar refractivity (Wildman–Crippen MR) is 65.9 cm³/mol. The number of fused-ring (bicyclic) bond motifs is 2. The fourth-order valence-corrected chi connectivity index (χ4v) is 3.55. The molecule has 0 amide bonds. The lowest BCUT2D eigenvalue weighted by Gasteiger charge is -2.34. The van der Waals surface area contributed by atoms with Crippen molar-refractivity contribution in [1.29, 1.82) is 5.26 Å². The van der Waals surface area contributed by atoms with Crippen molar-refractivity contribution in [1.82, 2.24) is 4.90 Å². The molecule has 0 aromatic carbocycles. The van der Waals surface area contributed by atoms with Gasteiger partial charge in [0, 0.05) is 18.9 Å². The van der Waals surface area contributed by atoms with Crippen LogP contribution in [0.25, 0.3) is 0 Å². The summed E-state index contributed by atoms with van der Waals surface area (Å²) in [5.41, 5.74) is 0.979. The van der Waals surface area contributed by atoms with Gasteiger partial charge >= 0.3 is 0 Å². The molecule has 0 spiro atoms. The highest BCUT2D eigenvalue weighted by Crippen LogP contribution is 2.45. The van der Waals surface area contributed by atoms with Crippen LogP contribution in [-0.4, -0.2) is 35.0 Å². The minimum absolute atomic E-state index is 0.298. The summed E-state index contributed by atoms with van der Waals surface area (Å²) in [4.78, 5) is 2.35. The Bertz CT molecular complexity index is 334. The second-order valence-corrected chi connectivity index (χ2v) is 5.18. The summed E-state index contributed by atoms with van der Waals surface area (Å²) in [6.45, 7) is 3.95. The van der Waals surface area contributed by atoms with Crippen molar-refractivity contribution in [3.8, 4) is 6.07 Å². The summed E-state index contributed by atoms with van der Waals surface area (Å²) >= 11 is 0. The highest BCUT2D eigenvalue weighted by molar-refractivity contribution is 5.94. The van der Waals surface area contributed by atoms with Crippen LogP contribution in [0.4, 0.5) is 0 Å². The highest BCUT2D eigenvalue weighted by Gasteiger charge is 2.47. The van der Waals surface area contributed by atoms with Gasteiger partial charge in [-0.3, -0.25) is 4.90 Å². The lowest BCUT2D eigenvalue weighted by atomic mass is 9.91. The number of nitriles is 1. The Kier molecular flexibility index (Phi) is 4.01. The fourth-order valence-electron chi connectivity index (χ4n) is 3.55. The van der Waals surface area contributed by atoms with Crippen LogP contribution in [0.5, 0.6) is 0 Å². The Morgan fingerprint density at radius 2 is 2.29 bits per heavy atom. The van der Waals surface area contributed by atoms with Gasteiger partial charge in [0.15, 0.2) is 0 Å². The first-order valence-electron chi connectivity index (χ1n) is 6.64. The van der Waals surface area contributed by atoms with Crippen LogP contribution in [0.2, 0.25) is 0 Å². The molecule has 2 bridgehead atoms. The average Bonchev–Trinajstić information content (AvgIpc) is 2.94. The molecule has 2 fully saturated rings. The molecule has 17 heavy (non-hydrogen) atoms. The molecule has 2 aliphatic rings. The second kappa shape index (κ2) is 5.50. The molecule has 0 aromatic rings. The number of nitrogens with zero attached hydrogens (tertiary/aromatic N) is 3. The molecular formula is C13H21N3O. The lowest BCUT2D eigenvalue weighted by Crippen LogP contribution is -2.45. The zero-order valence-electron chi connectivity index (χ0n) is 10.5. The minimum atomic E-state index is 0.298. The van der Waals surface area contributed by atoms with E-state index in [0.29, 0.717) is 24.3 Å². The lowest BCUT2D eigenvalue weighted by molar-refractivity contribution is 0.195.